The van der Waals surface area contributed by atoms with Crippen molar-refractivity contribution in [2.75, 3.05) is 19.7 Å². The Balaban J connectivity index is 3.64. The predicted octanol–water partition coefficient (Wildman–Crippen LogP) is 2.05. The molecule has 1 amide bonds. The molecular formula is C14H28N2O2. The standard InChI is InChI=1S/C14H28N2O2/c1-4-18-11-5-10-16-14(17)7-6-13(8-9-15)12(2)3/h4,12-13H,1,5-11,15H2,2-3H3,(H,16,17). The molecule has 18 heavy (non-hydrogen) atoms. The summed E-state index contributed by atoms with van der Waals surface area (Å²) in [5, 5.41) is 2.89. The molecule has 0 aliphatic heterocycles. The Bertz CT molecular complexity index is 230. The molecule has 0 aliphatic rings. The molecule has 0 spiro atoms. The molecule has 0 aromatic carbocycles. The molecule has 0 rings (SSSR count). The van der Waals surface area contributed by atoms with Crippen molar-refractivity contribution in [3.63, 3.8) is 0 Å². The number of hydrogen-bond donors (Lipinski definition) is 2. The van der Waals surface area contributed by atoms with Crippen LogP contribution in [0.4, 0.5) is 0 Å². The SMILES string of the molecule is C=COCCCNC(=O)CCC(CCN)C(C)C. The highest BCUT2D eigenvalue weighted by molar-refractivity contribution is 5.75. The molecule has 1 atom stereocenters. The summed E-state index contributed by atoms with van der Waals surface area (Å²) >= 11 is 0. The van der Waals surface area contributed by atoms with E-state index in [4.69, 9.17) is 10.5 Å². The minimum absolute atomic E-state index is 0.122. The summed E-state index contributed by atoms with van der Waals surface area (Å²) in [6.07, 6.45) is 4.74. The minimum Gasteiger partial charge on any atom is -0.502 e. The van der Waals surface area contributed by atoms with Gasteiger partial charge in [-0.2, -0.15) is 0 Å². The second kappa shape index (κ2) is 11.1. The van der Waals surface area contributed by atoms with Crippen LogP contribution >= 0.6 is 0 Å². The lowest BCUT2D eigenvalue weighted by molar-refractivity contribution is -0.121. The fourth-order valence-corrected chi connectivity index (χ4v) is 1.90. The van der Waals surface area contributed by atoms with Crippen LogP contribution in [-0.2, 0) is 9.53 Å². The van der Waals surface area contributed by atoms with Gasteiger partial charge < -0.3 is 15.8 Å². The molecule has 3 N–H and O–H groups in total. The Morgan fingerprint density at radius 2 is 2.17 bits per heavy atom. The number of ether oxygens (including phenoxy) is 1. The molecular weight excluding hydrogens is 228 g/mol. The van der Waals surface area contributed by atoms with E-state index in [1.54, 1.807) is 0 Å². The third-order valence-corrected chi connectivity index (χ3v) is 3.10. The molecule has 0 radical (unpaired) electrons. The van der Waals surface area contributed by atoms with Crippen LogP contribution in [0, 0.1) is 11.8 Å². The van der Waals surface area contributed by atoms with Crippen LogP contribution in [0.2, 0.25) is 0 Å². The van der Waals surface area contributed by atoms with Gasteiger partial charge in [0, 0.05) is 13.0 Å². The number of nitrogens with one attached hydrogen (secondary N) is 1. The van der Waals surface area contributed by atoms with E-state index in [-0.39, 0.29) is 5.91 Å². The topological polar surface area (TPSA) is 64.3 Å². The summed E-state index contributed by atoms with van der Waals surface area (Å²) in [4.78, 5) is 11.6. The van der Waals surface area contributed by atoms with E-state index in [0.717, 1.165) is 19.3 Å². The van der Waals surface area contributed by atoms with E-state index < -0.39 is 0 Å². The van der Waals surface area contributed by atoms with Crippen molar-refractivity contribution in [2.24, 2.45) is 17.6 Å². The van der Waals surface area contributed by atoms with E-state index in [0.29, 0.717) is 38.0 Å². The zero-order chi connectivity index (χ0) is 13.8. The second-order valence-corrected chi connectivity index (χ2v) is 4.86. The number of carbonyl (C=O) groups is 1. The average molecular weight is 256 g/mol. The van der Waals surface area contributed by atoms with Gasteiger partial charge in [0.15, 0.2) is 0 Å². The first-order valence-electron chi connectivity index (χ1n) is 6.81. The van der Waals surface area contributed by atoms with Crippen molar-refractivity contribution < 1.29 is 9.53 Å². The minimum atomic E-state index is 0.122. The third kappa shape index (κ3) is 9.05. The van der Waals surface area contributed by atoms with Gasteiger partial charge in [-0.05, 0) is 37.6 Å². The number of amides is 1. The zero-order valence-corrected chi connectivity index (χ0v) is 11.8. The zero-order valence-electron chi connectivity index (χ0n) is 11.8. The van der Waals surface area contributed by atoms with Gasteiger partial charge >= 0.3 is 0 Å². The normalized spacial score (nSPS) is 12.2. The molecule has 0 bridgehead atoms. The Labute approximate surface area is 111 Å². The lowest BCUT2D eigenvalue weighted by atomic mass is 9.88. The van der Waals surface area contributed by atoms with Crippen molar-refractivity contribution >= 4 is 5.91 Å². The van der Waals surface area contributed by atoms with Crippen LogP contribution < -0.4 is 11.1 Å². The summed E-state index contributed by atoms with van der Waals surface area (Å²) in [5.74, 6) is 1.25. The lowest BCUT2D eigenvalue weighted by Crippen LogP contribution is -2.26. The Kier molecular flexibility index (Phi) is 10.4. The van der Waals surface area contributed by atoms with Crippen LogP contribution in [-0.4, -0.2) is 25.6 Å². The summed E-state index contributed by atoms with van der Waals surface area (Å²) in [7, 11) is 0. The maximum absolute atomic E-state index is 11.6. The largest absolute Gasteiger partial charge is 0.502 e. The number of carbonyl (C=O) groups excluding carboxylic acids is 1. The predicted molar refractivity (Wildman–Crippen MR) is 75.0 cm³/mol. The third-order valence-electron chi connectivity index (χ3n) is 3.10. The number of nitrogens with two attached hydrogens (primary N) is 1. The maximum Gasteiger partial charge on any atom is 0.220 e. The molecule has 0 aromatic rings. The summed E-state index contributed by atoms with van der Waals surface area (Å²) in [6, 6.07) is 0. The maximum atomic E-state index is 11.6. The Morgan fingerprint density at radius 3 is 2.72 bits per heavy atom. The highest BCUT2D eigenvalue weighted by Gasteiger charge is 2.14. The van der Waals surface area contributed by atoms with Crippen LogP contribution in [0.1, 0.15) is 39.5 Å². The molecule has 0 saturated heterocycles. The van der Waals surface area contributed by atoms with Gasteiger partial charge in [0.25, 0.3) is 0 Å². The molecule has 1 unspecified atom stereocenters. The molecule has 106 valence electrons. The van der Waals surface area contributed by atoms with Gasteiger partial charge in [0.05, 0.1) is 12.9 Å². The molecule has 0 aromatic heterocycles. The van der Waals surface area contributed by atoms with Crippen LogP contribution in [0.15, 0.2) is 12.8 Å². The molecule has 4 nitrogen and oxygen atoms in total. The fraction of sp³-hybridized carbons (Fsp3) is 0.786. The fourth-order valence-electron chi connectivity index (χ4n) is 1.90. The Morgan fingerprint density at radius 1 is 1.44 bits per heavy atom. The quantitative estimate of drug-likeness (QED) is 0.439. The summed E-state index contributed by atoms with van der Waals surface area (Å²) < 4.78 is 4.98. The van der Waals surface area contributed by atoms with E-state index in [2.05, 4.69) is 25.7 Å². The van der Waals surface area contributed by atoms with Crippen LogP contribution in [0.5, 0.6) is 0 Å². The van der Waals surface area contributed by atoms with Crippen molar-refractivity contribution in [3.05, 3.63) is 12.8 Å². The Hall–Kier alpha value is -1.03. The van der Waals surface area contributed by atoms with E-state index in [1.165, 1.54) is 6.26 Å². The van der Waals surface area contributed by atoms with Crippen LogP contribution in [0.3, 0.4) is 0 Å². The van der Waals surface area contributed by atoms with Crippen molar-refractivity contribution in [2.45, 2.75) is 39.5 Å². The van der Waals surface area contributed by atoms with Crippen molar-refractivity contribution in [3.8, 4) is 0 Å². The first-order valence-corrected chi connectivity index (χ1v) is 6.81. The van der Waals surface area contributed by atoms with Gasteiger partial charge in [-0.15, -0.1) is 0 Å². The van der Waals surface area contributed by atoms with E-state index >= 15 is 0 Å². The molecule has 0 fully saturated rings. The monoisotopic (exact) mass is 256 g/mol. The van der Waals surface area contributed by atoms with Crippen molar-refractivity contribution in [1.29, 1.82) is 0 Å². The molecule has 0 saturated carbocycles. The van der Waals surface area contributed by atoms with Gasteiger partial charge in [0.2, 0.25) is 5.91 Å². The van der Waals surface area contributed by atoms with Crippen molar-refractivity contribution in [1.82, 2.24) is 5.32 Å². The summed E-state index contributed by atoms with van der Waals surface area (Å²) in [6.45, 7) is 9.79. The van der Waals surface area contributed by atoms with E-state index in [1.807, 2.05) is 0 Å². The van der Waals surface area contributed by atoms with Crippen LogP contribution in [0.25, 0.3) is 0 Å². The summed E-state index contributed by atoms with van der Waals surface area (Å²) in [5.41, 5.74) is 5.58. The van der Waals surface area contributed by atoms with Gasteiger partial charge in [-0.25, -0.2) is 0 Å². The molecule has 0 aliphatic carbocycles. The van der Waals surface area contributed by atoms with Gasteiger partial charge in [0.1, 0.15) is 0 Å². The first kappa shape index (κ1) is 17.0. The van der Waals surface area contributed by atoms with Gasteiger partial charge in [-0.3, -0.25) is 4.79 Å². The highest BCUT2D eigenvalue weighted by Crippen LogP contribution is 2.20. The molecule has 4 heteroatoms. The second-order valence-electron chi connectivity index (χ2n) is 4.86. The lowest BCUT2D eigenvalue weighted by Gasteiger charge is -2.19. The van der Waals surface area contributed by atoms with E-state index in [9.17, 15) is 4.79 Å². The number of hydrogen-bond acceptors (Lipinski definition) is 3. The first-order chi connectivity index (χ1) is 8.61. The molecule has 0 heterocycles. The average Bonchev–Trinajstić information content (AvgIpc) is 2.33. The number of rotatable bonds is 11. The highest BCUT2D eigenvalue weighted by atomic mass is 16.5. The van der Waals surface area contributed by atoms with Gasteiger partial charge in [-0.1, -0.05) is 20.4 Å². The smallest absolute Gasteiger partial charge is 0.220 e.